The summed E-state index contributed by atoms with van der Waals surface area (Å²) in [5.41, 5.74) is 2.26. The van der Waals surface area contributed by atoms with Gasteiger partial charge in [0.15, 0.2) is 5.65 Å². The monoisotopic (exact) mass is 453 g/mol. The highest BCUT2D eigenvalue weighted by Crippen LogP contribution is 2.32. The van der Waals surface area contributed by atoms with E-state index in [1.807, 2.05) is 6.07 Å². The number of rotatable bonds is 9. The van der Waals surface area contributed by atoms with Crippen LogP contribution in [0.15, 0.2) is 30.1 Å². The van der Waals surface area contributed by atoms with Gasteiger partial charge in [0, 0.05) is 42.7 Å². The van der Waals surface area contributed by atoms with E-state index in [1.54, 1.807) is 35.2 Å². The van der Waals surface area contributed by atoms with E-state index in [1.165, 1.54) is 4.88 Å². The Kier molecular flexibility index (Phi) is 5.60. The average molecular weight is 454 g/mol. The summed E-state index contributed by atoms with van der Waals surface area (Å²) in [5.74, 6) is 0.385. The minimum atomic E-state index is -0.535. The summed E-state index contributed by atoms with van der Waals surface area (Å²) in [6.45, 7) is 2.23. The van der Waals surface area contributed by atoms with Gasteiger partial charge in [-0.3, -0.25) is 10.1 Å². The number of urea groups is 1. The SMILES string of the molecule is COCCNCc1ccc(-c2cc(NC3CC3)n3ncc(/C=C4\NC(=O)NC4=O)c3n2)s1. The first-order valence-corrected chi connectivity index (χ1v) is 11.2. The van der Waals surface area contributed by atoms with Crippen LogP contribution in [0.3, 0.4) is 0 Å². The third-order valence-corrected chi connectivity index (χ3v) is 6.25. The van der Waals surface area contributed by atoms with Crippen LogP contribution < -0.4 is 21.3 Å². The summed E-state index contributed by atoms with van der Waals surface area (Å²) in [6, 6.07) is 6.07. The predicted molar refractivity (Wildman–Crippen MR) is 121 cm³/mol. The highest BCUT2D eigenvalue weighted by molar-refractivity contribution is 7.15. The molecule has 2 aliphatic rings. The number of carbonyl (C=O) groups is 2. The number of thiophene rings is 1. The van der Waals surface area contributed by atoms with Gasteiger partial charge in [-0.05, 0) is 31.1 Å². The minimum Gasteiger partial charge on any atom is -0.383 e. The van der Waals surface area contributed by atoms with E-state index in [4.69, 9.17) is 9.72 Å². The molecule has 4 N–H and O–H groups in total. The van der Waals surface area contributed by atoms with Crippen LogP contribution in [0.1, 0.15) is 23.3 Å². The average Bonchev–Trinajstić information content (AvgIpc) is 3.16. The Hall–Kier alpha value is -3.28. The van der Waals surface area contributed by atoms with Crippen LogP contribution in [-0.2, 0) is 16.1 Å². The van der Waals surface area contributed by atoms with Crippen LogP contribution in [0, 0.1) is 0 Å². The van der Waals surface area contributed by atoms with Gasteiger partial charge in [-0.2, -0.15) is 9.61 Å². The lowest BCUT2D eigenvalue weighted by Crippen LogP contribution is -2.22. The molecule has 0 bridgehead atoms. The van der Waals surface area contributed by atoms with Crippen LogP contribution in [-0.4, -0.2) is 52.8 Å². The van der Waals surface area contributed by atoms with E-state index in [2.05, 4.69) is 38.5 Å². The fourth-order valence-corrected chi connectivity index (χ4v) is 4.32. The predicted octanol–water partition coefficient (Wildman–Crippen LogP) is 1.95. The topological polar surface area (TPSA) is 122 Å². The van der Waals surface area contributed by atoms with Crippen molar-refractivity contribution in [2.75, 3.05) is 25.6 Å². The summed E-state index contributed by atoms with van der Waals surface area (Å²) in [4.78, 5) is 30.5. The number of fused-ring (bicyclic) bond motifs is 1. The molecule has 3 aromatic rings. The number of ether oxygens (including phenoxy) is 1. The van der Waals surface area contributed by atoms with E-state index >= 15 is 0 Å². The minimum absolute atomic E-state index is 0.175. The molecule has 32 heavy (non-hydrogen) atoms. The van der Waals surface area contributed by atoms with E-state index in [0.717, 1.165) is 42.3 Å². The zero-order chi connectivity index (χ0) is 22.1. The van der Waals surface area contributed by atoms with Crippen molar-refractivity contribution in [3.8, 4) is 10.6 Å². The molecule has 1 saturated heterocycles. The zero-order valence-electron chi connectivity index (χ0n) is 17.5. The van der Waals surface area contributed by atoms with Crippen molar-refractivity contribution in [2.45, 2.75) is 25.4 Å². The Balaban J connectivity index is 1.49. The number of carbonyl (C=O) groups excluding carboxylic acids is 2. The second-order valence-corrected chi connectivity index (χ2v) is 8.85. The van der Waals surface area contributed by atoms with Gasteiger partial charge in [0.25, 0.3) is 5.91 Å². The maximum atomic E-state index is 12.0. The number of nitrogens with one attached hydrogen (secondary N) is 4. The second kappa shape index (κ2) is 8.69. The molecule has 5 rings (SSSR count). The summed E-state index contributed by atoms with van der Waals surface area (Å²) >= 11 is 1.68. The van der Waals surface area contributed by atoms with Gasteiger partial charge in [0.05, 0.1) is 23.4 Å². The van der Waals surface area contributed by atoms with Crippen LogP contribution in [0.25, 0.3) is 22.3 Å². The molecule has 0 unspecified atom stereocenters. The number of nitrogens with zero attached hydrogens (tertiary/aromatic N) is 3. The lowest BCUT2D eigenvalue weighted by Gasteiger charge is -2.09. The molecule has 0 radical (unpaired) electrons. The van der Waals surface area contributed by atoms with Crippen LogP contribution in [0.2, 0.25) is 0 Å². The van der Waals surface area contributed by atoms with Crippen molar-refractivity contribution >= 4 is 40.8 Å². The normalized spacial score (nSPS) is 17.2. The first-order valence-electron chi connectivity index (χ1n) is 10.4. The molecule has 10 nitrogen and oxygen atoms in total. The van der Waals surface area contributed by atoms with Crippen LogP contribution >= 0.6 is 11.3 Å². The largest absolute Gasteiger partial charge is 0.383 e. The van der Waals surface area contributed by atoms with Gasteiger partial charge in [-0.25, -0.2) is 9.78 Å². The summed E-state index contributed by atoms with van der Waals surface area (Å²) in [7, 11) is 1.69. The molecule has 1 aliphatic heterocycles. The molecular weight excluding hydrogens is 430 g/mol. The number of anilines is 1. The smallest absolute Gasteiger partial charge is 0.326 e. The lowest BCUT2D eigenvalue weighted by molar-refractivity contribution is -0.115. The van der Waals surface area contributed by atoms with Crippen molar-refractivity contribution in [3.63, 3.8) is 0 Å². The van der Waals surface area contributed by atoms with Crippen molar-refractivity contribution in [3.05, 3.63) is 40.5 Å². The van der Waals surface area contributed by atoms with Crippen LogP contribution in [0.4, 0.5) is 10.6 Å². The highest BCUT2D eigenvalue weighted by Gasteiger charge is 2.25. The van der Waals surface area contributed by atoms with Gasteiger partial charge in [-0.1, -0.05) is 0 Å². The number of hydrogen-bond acceptors (Lipinski definition) is 8. The molecular formula is C21H23N7O3S. The highest BCUT2D eigenvalue weighted by atomic mass is 32.1. The molecule has 1 saturated carbocycles. The van der Waals surface area contributed by atoms with Crippen molar-refractivity contribution in [1.29, 1.82) is 0 Å². The molecule has 3 amide bonds. The Bertz CT molecular complexity index is 1210. The van der Waals surface area contributed by atoms with Crippen molar-refractivity contribution in [2.24, 2.45) is 0 Å². The maximum Gasteiger partial charge on any atom is 0.326 e. The molecule has 0 atom stereocenters. The Morgan fingerprint density at radius 3 is 2.94 bits per heavy atom. The second-order valence-electron chi connectivity index (χ2n) is 7.68. The lowest BCUT2D eigenvalue weighted by atomic mass is 10.2. The van der Waals surface area contributed by atoms with Gasteiger partial charge >= 0.3 is 6.03 Å². The fraction of sp³-hybridized carbons (Fsp3) is 0.333. The number of hydrogen-bond donors (Lipinski definition) is 4. The fourth-order valence-electron chi connectivity index (χ4n) is 3.38. The summed E-state index contributed by atoms with van der Waals surface area (Å²) in [6.07, 6.45) is 5.49. The quantitative estimate of drug-likeness (QED) is 0.222. The Morgan fingerprint density at radius 1 is 1.31 bits per heavy atom. The Labute approximate surface area is 188 Å². The number of methoxy groups -OCH3 is 1. The molecule has 4 heterocycles. The first kappa shape index (κ1) is 20.6. The van der Waals surface area contributed by atoms with Crippen LogP contribution in [0.5, 0.6) is 0 Å². The molecule has 1 aliphatic carbocycles. The van der Waals surface area contributed by atoms with E-state index < -0.39 is 11.9 Å². The number of amides is 3. The van der Waals surface area contributed by atoms with Gasteiger partial charge in [0.2, 0.25) is 0 Å². The van der Waals surface area contributed by atoms with Gasteiger partial charge in [-0.15, -0.1) is 11.3 Å². The maximum absolute atomic E-state index is 12.0. The van der Waals surface area contributed by atoms with E-state index in [0.29, 0.717) is 23.9 Å². The third-order valence-electron chi connectivity index (χ3n) is 5.14. The zero-order valence-corrected chi connectivity index (χ0v) is 18.3. The van der Waals surface area contributed by atoms with Crippen molar-refractivity contribution < 1.29 is 14.3 Å². The van der Waals surface area contributed by atoms with E-state index in [9.17, 15) is 9.59 Å². The summed E-state index contributed by atoms with van der Waals surface area (Å²) in [5, 5.41) is 16.1. The standard InChI is InChI=1S/C21H23N7O3S/c1-31-7-6-22-11-14-4-5-17(32-14)15-9-18(24-13-2-3-13)28-19(25-15)12(10-23-28)8-16-20(29)27-21(30)26-16/h4-5,8-10,13,22,24H,2-3,6-7,11H2,1H3,(H2,26,27,29,30)/b16-8-. The first-order chi connectivity index (χ1) is 15.6. The molecule has 166 valence electrons. The molecule has 11 heteroatoms. The van der Waals surface area contributed by atoms with E-state index in [-0.39, 0.29) is 5.70 Å². The number of imide groups is 1. The molecule has 3 aromatic heterocycles. The molecule has 0 spiro atoms. The number of aromatic nitrogens is 3. The third kappa shape index (κ3) is 4.35. The molecule has 0 aromatic carbocycles. The van der Waals surface area contributed by atoms with Crippen molar-refractivity contribution in [1.82, 2.24) is 30.5 Å². The van der Waals surface area contributed by atoms with Gasteiger partial charge in [0.1, 0.15) is 11.5 Å². The van der Waals surface area contributed by atoms with Gasteiger partial charge < -0.3 is 20.7 Å². The summed E-state index contributed by atoms with van der Waals surface area (Å²) < 4.78 is 6.81. The Morgan fingerprint density at radius 2 is 2.19 bits per heavy atom. The molecule has 2 fully saturated rings.